The summed E-state index contributed by atoms with van der Waals surface area (Å²) in [4.78, 5) is 71.0. The van der Waals surface area contributed by atoms with Crippen LogP contribution in [-0.4, -0.2) is 120 Å². The Morgan fingerprint density at radius 1 is 0.824 bits per heavy atom. The van der Waals surface area contributed by atoms with E-state index in [0.717, 1.165) is 74.5 Å². The number of hydrogen-bond acceptors (Lipinski definition) is 11. The molecule has 7 rings (SSSR count). The molecule has 1 unspecified atom stereocenters. The molecule has 0 aliphatic carbocycles. The Kier molecular flexibility index (Phi) is 10.3. The molecule has 0 radical (unpaired) electrons. The largest absolute Gasteiger partial charge is 0.377 e. The lowest BCUT2D eigenvalue weighted by molar-refractivity contribution is -0.139. The minimum Gasteiger partial charge on any atom is -0.377 e. The number of nitrogens with zero attached hydrogens (tertiary/aromatic N) is 7. The summed E-state index contributed by atoms with van der Waals surface area (Å²) < 4.78 is 7.33. The van der Waals surface area contributed by atoms with Crippen molar-refractivity contribution < 1.29 is 23.9 Å². The Labute approximate surface area is 295 Å². The fourth-order valence-corrected chi connectivity index (χ4v) is 7.66. The van der Waals surface area contributed by atoms with E-state index in [4.69, 9.17) is 10.5 Å². The third-order valence-electron chi connectivity index (χ3n) is 10.8. The highest BCUT2D eigenvalue weighted by Crippen LogP contribution is 2.28. The average Bonchev–Trinajstić information content (AvgIpc) is 3.16. The fourth-order valence-electron chi connectivity index (χ4n) is 7.66. The van der Waals surface area contributed by atoms with Crippen molar-refractivity contribution in [1.29, 1.82) is 0 Å². The van der Waals surface area contributed by atoms with Gasteiger partial charge in [0.25, 0.3) is 11.5 Å². The summed E-state index contributed by atoms with van der Waals surface area (Å²) in [6, 6.07) is 12.0. The molecule has 3 N–H and O–H groups in total. The SMILES string of the molecule is NC(=O)c1ccc(N2CCN(CCOC3CCN(C(=O)C4CCN(c5ccc6nnn(C7CCC(=O)NC7=O)c(=O)c6c5)CC4)CC3)CC2)cc1. The van der Waals surface area contributed by atoms with Gasteiger partial charge in [-0.05, 0) is 74.6 Å². The van der Waals surface area contributed by atoms with Crippen LogP contribution in [-0.2, 0) is 19.1 Å². The molecule has 4 fully saturated rings. The first-order valence-corrected chi connectivity index (χ1v) is 18.0. The molecule has 15 nitrogen and oxygen atoms in total. The van der Waals surface area contributed by atoms with E-state index < -0.39 is 23.4 Å². The number of rotatable bonds is 9. The maximum atomic E-state index is 13.5. The Balaban J connectivity index is 0.832. The van der Waals surface area contributed by atoms with Crippen LogP contribution in [0.5, 0.6) is 0 Å². The van der Waals surface area contributed by atoms with Gasteiger partial charge in [0, 0.05) is 88.2 Å². The molecular weight excluding hydrogens is 654 g/mol. The van der Waals surface area contributed by atoms with Gasteiger partial charge in [-0.15, -0.1) is 5.10 Å². The zero-order valence-electron chi connectivity index (χ0n) is 28.7. The van der Waals surface area contributed by atoms with Gasteiger partial charge in [-0.25, -0.2) is 0 Å². The number of nitrogens with one attached hydrogen (secondary N) is 1. The van der Waals surface area contributed by atoms with Gasteiger partial charge in [-0.1, -0.05) is 5.21 Å². The number of benzene rings is 2. The zero-order valence-corrected chi connectivity index (χ0v) is 28.7. The molecule has 4 aliphatic heterocycles. The second-order valence-corrected chi connectivity index (χ2v) is 13.9. The molecule has 5 heterocycles. The predicted octanol–water partition coefficient (Wildman–Crippen LogP) is 0.914. The normalized spacial score (nSPS) is 21.3. The van der Waals surface area contributed by atoms with Crippen molar-refractivity contribution >= 4 is 45.9 Å². The van der Waals surface area contributed by atoms with Crippen molar-refractivity contribution in [2.24, 2.45) is 11.7 Å². The van der Waals surface area contributed by atoms with Crippen molar-refractivity contribution in [3.05, 3.63) is 58.4 Å². The number of amides is 4. The lowest BCUT2D eigenvalue weighted by Crippen LogP contribution is -2.48. The number of ether oxygens (including phenoxy) is 1. The van der Waals surface area contributed by atoms with Crippen molar-refractivity contribution in [3.8, 4) is 0 Å². The fraction of sp³-hybridized carbons (Fsp3) is 0.528. The van der Waals surface area contributed by atoms with Crippen LogP contribution in [0.2, 0.25) is 0 Å². The topological polar surface area (TPSA) is 176 Å². The maximum Gasteiger partial charge on any atom is 0.278 e. The van der Waals surface area contributed by atoms with E-state index in [1.54, 1.807) is 24.3 Å². The van der Waals surface area contributed by atoms with Crippen molar-refractivity contribution in [2.75, 3.05) is 75.3 Å². The first-order chi connectivity index (χ1) is 24.7. The van der Waals surface area contributed by atoms with E-state index in [2.05, 4.69) is 30.3 Å². The van der Waals surface area contributed by atoms with Gasteiger partial charge < -0.3 is 25.2 Å². The number of hydrogen-bond donors (Lipinski definition) is 2. The maximum absolute atomic E-state index is 13.5. The lowest BCUT2D eigenvalue weighted by Gasteiger charge is -2.38. The lowest BCUT2D eigenvalue weighted by atomic mass is 9.93. The molecule has 0 saturated carbocycles. The quantitative estimate of drug-likeness (QED) is 0.304. The molecule has 0 spiro atoms. The van der Waals surface area contributed by atoms with E-state index in [-0.39, 0.29) is 36.7 Å². The van der Waals surface area contributed by atoms with E-state index in [1.165, 1.54) is 0 Å². The highest BCUT2D eigenvalue weighted by molar-refractivity contribution is 5.99. The molecule has 1 aromatic heterocycles. The van der Waals surface area contributed by atoms with Crippen molar-refractivity contribution in [3.63, 3.8) is 0 Å². The van der Waals surface area contributed by atoms with Crippen molar-refractivity contribution in [1.82, 2.24) is 30.1 Å². The van der Waals surface area contributed by atoms with Crippen LogP contribution >= 0.6 is 0 Å². The monoisotopic (exact) mass is 699 g/mol. The first kappa shape index (κ1) is 34.6. The second kappa shape index (κ2) is 15.2. The second-order valence-electron chi connectivity index (χ2n) is 13.9. The standard InChI is InChI=1S/C36H45N9O6/c37-33(47)24-1-3-26(4-2-24)43-19-17-41(18-20-43)21-22-51-28-11-15-44(16-12-28)35(49)25-9-13-42(14-10-25)27-5-6-30-29(23-27)36(50)45(40-39-30)31-7-8-32(46)38-34(31)48/h1-6,23,25,28,31H,7-22H2,(H2,37,47)(H,38,46,48). The number of piperidine rings is 3. The summed E-state index contributed by atoms with van der Waals surface area (Å²) in [6.45, 7) is 8.10. The number of aromatic nitrogens is 3. The highest BCUT2D eigenvalue weighted by atomic mass is 16.5. The van der Waals surface area contributed by atoms with Crippen LogP contribution in [0.1, 0.15) is 54.9 Å². The number of carbonyl (C=O) groups is 4. The molecule has 4 saturated heterocycles. The van der Waals surface area contributed by atoms with Gasteiger partial charge >= 0.3 is 0 Å². The van der Waals surface area contributed by atoms with Crippen LogP contribution in [0, 0.1) is 5.92 Å². The minimum atomic E-state index is -0.871. The van der Waals surface area contributed by atoms with Gasteiger partial charge in [-0.3, -0.25) is 34.2 Å². The Hall–Kier alpha value is -4.89. The number of anilines is 2. The van der Waals surface area contributed by atoms with Gasteiger partial charge in [0.2, 0.25) is 17.7 Å². The van der Waals surface area contributed by atoms with Crippen LogP contribution in [0.3, 0.4) is 0 Å². The Morgan fingerprint density at radius 3 is 2.20 bits per heavy atom. The van der Waals surface area contributed by atoms with Gasteiger partial charge in [-0.2, -0.15) is 4.68 Å². The smallest absolute Gasteiger partial charge is 0.278 e. The summed E-state index contributed by atoms with van der Waals surface area (Å²) in [5.41, 5.74) is 7.87. The zero-order chi connectivity index (χ0) is 35.5. The molecule has 4 aliphatic rings. The van der Waals surface area contributed by atoms with E-state index in [9.17, 15) is 24.0 Å². The number of piperazine rings is 1. The number of likely N-dealkylation sites (tertiary alicyclic amines) is 1. The molecule has 0 bridgehead atoms. The Bertz CT molecular complexity index is 1820. The van der Waals surface area contributed by atoms with Crippen LogP contribution < -0.4 is 26.4 Å². The predicted molar refractivity (Wildman–Crippen MR) is 189 cm³/mol. The molecule has 15 heteroatoms. The first-order valence-electron chi connectivity index (χ1n) is 18.0. The summed E-state index contributed by atoms with van der Waals surface area (Å²) in [5, 5.41) is 10.8. The van der Waals surface area contributed by atoms with Crippen LogP contribution in [0.15, 0.2) is 47.3 Å². The molecular formula is C36H45N9O6. The molecule has 1 atom stereocenters. The highest BCUT2D eigenvalue weighted by Gasteiger charge is 2.33. The van der Waals surface area contributed by atoms with Crippen LogP contribution in [0.4, 0.5) is 11.4 Å². The number of nitrogens with two attached hydrogens (primary N) is 1. The summed E-state index contributed by atoms with van der Waals surface area (Å²) in [6.07, 6.45) is 3.66. The van der Waals surface area contributed by atoms with E-state index >= 15 is 0 Å². The van der Waals surface area contributed by atoms with E-state index in [1.807, 2.05) is 23.1 Å². The van der Waals surface area contributed by atoms with Gasteiger partial charge in [0.15, 0.2) is 0 Å². The minimum absolute atomic E-state index is 0.0328. The molecule has 270 valence electrons. The molecule has 3 aromatic rings. The Morgan fingerprint density at radius 2 is 1.51 bits per heavy atom. The summed E-state index contributed by atoms with van der Waals surface area (Å²) >= 11 is 0. The van der Waals surface area contributed by atoms with Gasteiger partial charge in [0.1, 0.15) is 11.6 Å². The number of fused-ring (bicyclic) bond motifs is 1. The van der Waals surface area contributed by atoms with Gasteiger partial charge in [0.05, 0.1) is 18.1 Å². The number of carbonyl (C=O) groups excluding carboxylic acids is 4. The molecule has 4 amide bonds. The summed E-state index contributed by atoms with van der Waals surface area (Å²) in [5.74, 6) is -1.13. The van der Waals surface area contributed by atoms with Crippen LogP contribution in [0.25, 0.3) is 10.9 Å². The molecule has 2 aromatic carbocycles. The number of primary amides is 1. The average molecular weight is 700 g/mol. The number of imide groups is 1. The molecule has 51 heavy (non-hydrogen) atoms. The third kappa shape index (κ3) is 7.73. The third-order valence-corrected chi connectivity index (χ3v) is 10.8. The summed E-state index contributed by atoms with van der Waals surface area (Å²) in [7, 11) is 0. The van der Waals surface area contributed by atoms with Crippen molar-refractivity contribution in [2.45, 2.75) is 50.7 Å². The van der Waals surface area contributed by atoms with E-state index in [0.29, 0.717) is 49.3 Å².